The number of alkyl halides is 3. The van der Waals surface area contributed by atoms with Gasteiger partial charge in [0.05, 0.1) is 33.5 Å². The maximum Gasteiger partial charge on any atom is 0.416 e. The van der Waals surface area contributed by atoms with E-state index in [4.69, 9.17) is 9.47 Å². The Balaban J connectivity index is 1.49. The van der Waals surface area contributed by atoms with Gasteiger partial charge in [-0.3, -0.25) is 14.9 Å². The molecule has 2 unspecified atom stereocenters. The summed E-state index contributed by atoms with van der Waals surface area (Å²) >= 11 is 0. The highest BCUT2D eigenvalue weighted by Gasteiger charge is 2.48. The van der Waals surface area contributed by atoms with Crippen LogP contribution in [0.25, 0.3) is 0 Å². The lowest BCUT2D eigenvalue weighted by atomic mass is 9.74. The predicted octanol–water partition coefficient (Wildman–Crippen LogP) is 6.62. The molecule has 13 heteroatoms. The van der Waals surface area contributed by atoms with Crippen molar-refractivity contribution in [1.82, 2.24) is 10.6 Å². The van der Waals surface area contributed by atoms with Crippen molar-refractivity contribution in [2.75, 3.05) is 20.3 Å². The molecule has 4 rings (SSSR count). The van der Waals surface area contributed by atoms with Crippen LogP contribution in [0.4, 0.5) is 18.9 Å². The summed E-state index contributed by atoms with van der Waals surface area (Å²) in [4.78, 5) is 25.5. The van der Waals surface area contributed by atoms with Gasteiger partial charge in [-0.25, -0.2) is 0 Å². The fourth-order valence-electron chi connectivity index (χ4n) is 5.74. The molecule has 1 aliphatic carbocycles. The average Bonchev–Trinajstić information content (AvgIpc) is 3.40. The molecule has 1 saturated heterocycles. The molecule has 0 radical (unpaired) electrons. The van der Waals surface area contributed by atoms with Crippen molar-refractivity contribution in [2.24, 2.45) is 11.3 Å². The zero-order chi connectivity index (χ0) is 30.5. The number of nitro benzene ring substituents is 1. The number of hydrogen-bond acceptors (Lipinski definition) is 8. The Kier molecular flexibility index (Phi) is 10.8. The topological polar surface area (TPSA) is 103 Å². The van der Waals surface area contributed by atoms with E-state index in [-0.39, 0.29) is 42.2 Å². The Morgan fingerprint density at radius 2 is 1.93 bits per heavy atom. The molecule has 0 bridgehead atoms. The minimum absolute atomic E-state index is 0.0155. The van der Waals surface area contributed by atoms with Gasteiger partial charge < -0.3 is 20.1 Å². The van der Waals surface area contributed by atoms with Gasteiger partial charge in [0.2, 0.25) is 5.91 Å². The van der Waals surface area contributed by atoms with Crippen LogP contribution >= 0.6 is 21.6 Å². The first-order chi connectivity index (χ1) is 19.9. The van der Waals surface area contributed by atoms with Crippen LogP contribution in [-0.2, 0) is 27.0 Å². The average molecular weight is 628 g/mol. The molecule has 0 spiro atoms. The van der Waals surface area contributed by atoms with Gasteiger partial charge in [-0.15, -0.1) is 0 Å². The van der Waals surface area contributed by atoms with E-state index in [9.17, 15) is 28.1 Å². The number of carbonyl (C=O) groups is 1. The number of halogens is 3. The molecule has 1 amide bonds. The molecule has 1 heterocycles. The number of para-hydroxylation sites is 1. The third-order valence-corrected chi connectivity index (χ3v) is 10.8. The number of amides is 1. The van der Waals surface area contributed by atoms with E-state index >= 15 is 0 Å². The SMILES string of the molecule is COC1COCCC1N[C@@H]1CC[C@@](C(=O)NCc2cc(C(F)(F)F)ccc2SSc2ccccc2[N+](=O)[O-])(C(C)C)C1. The number of benzene rings is 2. The molecule has 2 aromatic carbocycles. The van der Waals surface area contributed by atoms with Crippen molar-refractivity contribution in [3.8, 4) is 0 Å². The van der Waals surface area contributed by atoms with Crippen molar-refractivity contribution in [2.45, 2.75) is 80.2 Å². The Hall–Kier alpha value is -2.32. The molecule has 230 valence electrons. The fraction of sp³-hybridized carbons (Fsp3) is 0.552. The van der Waals surface area contributed by atoms with Crippen LogP contribution in [0, 0.1) is 21.4 Å². The second-order valence-electron chi connectivity index (χ2n) is 11.1. The number of rotatable bonds is 11. The van der Waals surface area contributed by atoms with E-state index in [1.165, 1.54) is 12.1 Å². The van der Waals surface area contributed by atoms with Crippen molar-refractivity contribution < 1.29 is 32.4 Å². The number of methoxy groups -OCH3 is 1. The third-order valence-electron chi connectivity index (χ3n) is 8.27. The summed E-state index contributed by atoms with van der Waals surface area (Å²) in [6.07, 6.45) is -1.73. The van der Waals surface area contributed by atoms with E-state index < -0.39 is 22.1 Å². The fourth-order valence-corrected chi connectivity index (χ4v) is 8.10. The summed E-state index contributed by atoms with van der Waals surface area (Å²) in [6.45, 7) is 5.07. The minimum atomic E-state index is -4.55. The van der Waals surface area contributed by atoms with Gasteiger partial charge in [0, 0.05) is 43.3 Å². The molecule has 42 heavy (non-hydrogen) atoms. The van der Waals surface area contributed by atoms with Crippen molar-refractivity contribution in [1.29, 1.82) is 0 Å². The molecular weight excluding hydrogens is 591 g/mol. The van der Waals surface area contributed by atoms with Crippen molar-refractivity contribution in [3.05, 3.63) is 63.7 Å². The summed E-state index contributed by atoms with van der Waals surface area (Å²) in [6, 6.07) is 9.80. The molecule has 2 aromatic rings. The first kappa shape index (κ1) is 32.6. The summed E-state index contributed by atoms with van der Waals surface area (Å²) in [5.41, 5.74) is -1.28. The second kappa shape index (κ2) is 14.0. The Morgan fingerprint density at radius 3 is 2.62 bits per heavy atom. The van der Waals surface area contributed by atoms with E-state index in [0.29, 0.717) is 41.4 Å². The normalized spacial score (nSPS) is 24.6. The van der Waals surface area contributed by atoms with E-state index in [0.717, 1.165) is 46.6 Å². The van der Waals surface area contributed by atoms with Crippen LogP contribution in [-0.4, -0.2) is 49.3 Å². The molecule has 1 saturated carbocycles. The lowest BCUT2D eigenvalue weighted by Crippen LogP contribution is -2.51. The van der Waals surface area contributed by atoms with Gasteiger partial charge in [0.1, 0.15) is 0 Å². The zero-order valence-corrected chi connectivity index (χ0v) is 25.4. The first-order valence-corrected chi connectivity index (χ1v) is 16.0. The van der Waals surface area contributed by atoms with Gasteiger partial charge in [-0.2, -0.15) is 13.2 Å². The van der Waals surface area contributed by atoms with Gasteiger partial charge >= 0.3 is 6.18 Å². The molecule has 1 aliphatic heterocycles. The van der Waals surface area contributed by atoms with Crippen LogP contribution in [0.3, 0.4) is 0 Å². The Bertz CT molecular complexity index is 1270. The number of nitro groups is 1. The standard InChI is InChI=1S/C29H36F3N3O5S2/c1-18(2)28(12-10-21(15-28)34-22-11-13-40-17-24(22)39-3)27(36)33-16-19-14-20(29(30,31)32)8-9-25(19)41-42-26-7-5-4-6-23(26)35(37)38/h4-9,14,18,21-22,24,34H,10-13,15-17H2,1-3H3,(H,33,36)/t21-,22?,24?,28+/m1/s1. The Labute approximate surface area is 251 Å². The smallest absolute Gasteiger partial charge is 0.379 e. The van der Waals surface area contributed by atoms with Crippen LogP contribution in [0.2, 0.25) is 0 Å². The van der Waals surface area contributed by atoms with Gasteiger partial charge in [0.25, 0.3) is 5.69 Å². The summed E-state index contributed by atoms with van der Waals surface area (Å²) in [5.74, 6) is -0.168. The number of ether oxygens (including phenoxy) is 2. The number of hydrogen-bond donors (Lipinski definition) is 2. The van der Waals surface area contributed by atoms with E-state index in [1.807, 2.05) is 13.8 Å². The molecule has 2 N–H and O–H groups in total. The zero-order valence-electron chi connectivity index (χ0n) is 23.7. The van der Waals surface area contributed by atoms with Gasteiger partial charge in [-0.1, -0.05) is 36.8 Å². The molecule has 0 aromatic heterocycles. The quantitative estimate of drug-likeness (QED) is 0.163. The van der Waals surface area contributed by atoms with E-state index in [1.54, 1.807) is 25.3 Å². The number of nitrogens with one attached hydrogen (secondary N) is 2. The highest BCUT2D eigenvalue weighted by molar-refractivity contribution is 8.76. The van der Waals surface area contributed by atoms with Gasteiger partial charge in [-0.05, 0) is 72.2 Å². The summed E-state index contributed by atoms with van der Waals surface area (Å²) in [7, 11) is 3.88. The number of carbonyl (C=O) groups excluding carboxylic acids is 1. The molecule has 8 nitrogen and oxygen atoms in total. The second-order valence-corrected chi connectivity index (χ2v) is 13.3. The highest BCUT2D eigenvalue weighted by Crippen LogP contribution is 2.46. The van der Waals surface area contributed by atoms with Gasteiger partial charge in [0.15, 0.2) is 0 Å². The minimum Gasteiger partial charge on any atom is -0.379 e. The first-order valence-electron chi connectivity index (χ1n) is 13.9. The van der Waals surface area contributed by atoms with Crippen molar-refractivity contribution >= 4 is 33.2 Å². The predicted molar refractivity (Wildman–Crippen MR) is 156 cm³/mol. The Morgan fingerprint density at radius 1 is 1.19 bits per heavy atom. The van der Waals surface area contributed by atoms with E-state index in [2.05, 4.69) is 10.6 Å². The molecule has 4 atom stereocenters. The highest BCUT2D eigenvalue weighted by atomic mass is 33.1. The van der Waals surface area contributed by atoms with Crippen LogP contribution < -0.4 is 10.6 Å². The summed E-state index contributed by atoms with van der Waals surface area (Å²) < 4.78 is 51.9. The maximum absolute atomic E-state index is 13.7. The van der Waals surface area contributed by atoms with Crippen molar-refractivity contribution in [3.63, 3.8) is 0 Å². The van der Waals surface area contributed by atoms with Crippen LogP contribution in [0.5, 0.6) is 0 Å². The lowest BCUT2D eigenvalue weighted by molar-refractivity contribution is -0.387. The summed E-state index contributed by atoms with van der Waals surface area (Å²) in [5, 5.41) is 18.0. The van der Waals surface area contributed by atoms with Crippen LogP contribution in [0.1, 0.15) is 50.7 Å². The monoisotopic (exact) mass is 627 g/mol. The largest absolute Gasteiger partial charge is 0.416 e. The number of nitrogens with zero attached hydrogens (tertiary/aromatic N) is 1. The molecule has 2 fully saturated rings. The molecular formula is C29H36F3N3O5S2. The van der Waals surface area contributed by atoms with Crippen LogP contribution in [0.15, 0.2) is 52.3 Å². The molecule has 2 aliphatic rings. The lowest BCUT2D eigenvalue weighted by Gasteiger charge is -2.35. The maximum atomic E-state index is 13.7. The third kappa shape index (κ3) is 7.60.